The van der Waals surface area contributed by atoms with Crippen LogP contribution in [0.2, 0.25) is 5.02 Å². The molecule has 1 aliphatic rings. The van der Waals surface area contributed by atoms with Gasteiger partial charge in [-0.3, -0.25) is 4.79 Å². The second-order valence-corrected chi connectivity index (χ2v) is 4.49. The number of carbonyl (C=O) groups excluding carboxylic acids is 1. The SMILES string of the molecule is NC(=O)C1CCCN1c1cc(C(=O)O)c(Cl)cn1. The number of amides is 1. The van der Waals surface area contributed by atoms with Crippen LogP contribution in [0.25, 0.3) is 0 Å². The van der Waals surface area contributed by atoms with Gasteiger partial charge in [-0.05, 0) is 18.9 Å². The molecule has 7 heteroatoms. The summed E-state index contributed by atoms with van der Waals surface area (Å²) in [7, 11) is 0. The molecular weight excluding hydrogens is 258 g/mol. The molecule has 96 valence electrons. The van der Waals surface area contributed by atoms with Crippen LogP contribution in [-0.2, 0) is 4.79 Å². The van der Waals surface area contributed by atoms with Gasteiger partial charge in [-0.15, -0.1) is 0 Å². The molecular formula is C11H12ClN3O3. The monoisotopic (exact) mass is 269 g/mol. The zero-order valence-corrected chi connectivity index (χ0v) is 10.2. The summed E-state index contributed by atoms with van der Waals surface area (Å²) in [5, 5.41) is 9.06. The second-order valence-electron chi connectivity index (χ2n) is 4.08. The quantitative estimate of drug-likeness (QED) is 0.849. The molecule has 0 bridgehead atoms. The highest BCUT2D eigenvalue weighted by atomic mass is 35.5. The molecule has 0 radical (unpaired) electrons. The number of nitrogens with two attached hydrogens (primary N) is 1. The Bertz CT molecular complexity index is 506. The number of halogens is 1. The van der Waals surface area contributed by atoms with E-state index >= 15 is 0 Å². The van der Waals surface area contributed by atoms with Crippen LogP contribution in [0.15, 0.2) is 12.3 Å². The number of carbonyl (C=O) groups is 2. The standard InChI is InChI=1S/C11H12ClN3O3/c12-7-5-14-9(4-6(7)11(17)18)15-3-1-2-8(15)10(13)16/h4-5,8H,1-3H2,(H2,13,16)(H,17,18). The zero-order valence-electron chi connectivity index (χ0n) is 9.47. The van der Waals surface area contributed by atoms with Crippen molar-refractivity contribution in [2.45, 2.75) is 18.9 Å². The van der Waals surface area contributed by atoms with Gasteiger partial charge in [0.2, 0.25) is 5.91 Å². The first-order chi connectivity index (χ1) is 8.50. The third-order valence-electron chi connectivity index (χ3n) is 2.95. The maximum absolute atomic E-state index is 11.3. The molecule has 1 aromatic heterocycles. The first-order valence-electron chi connectivity index (χ1n) is 5.45. The van der Waals surface area contributed by atoms with Gasteiger partial charge in [0, 0.05) is 12.7 Å². The minimum Gasteiger partial charge on any atom is -0.478 e. The summed E-state index contributed by atoms with van der Waals surface area (Å²) in [5.41, 5.74) is 5.27. The van der Waals surface area contributed by atoms with Crippen molar-refractivity contribution in [3.8, 4) is 0 Å². The average Bonchev–Trinajstić information content (AvgIpc) is 2.78. The van der Waals surface area contributed by atoms with E-state index in [9.17, 15) is 9.59 Å². The molecule has 0 aliphatic carbocycles. The molecule has 1 saturated heterocycles. The van der Waals surface area contributed by atoms with Crippen molar-refractivity contribution in [3.05, 3.63) is 22.8 Å². The zero-order chi connectivity index (χ0) is 13.3. The van der Waals surface area contributed by atoms with Gasteiger partial charge in [0.25, 0.3) is 0 Å². The molecule has 2 rings (SSSR count). The number of aromatic carboxylic acids is 1. The first-order valence-corrected chi connectivity index (χ1v) is 5.83. The number of aromatic nitrogens is 1. The Labute approximate surface area is 108 Å². The van der Waals surface area contributed by atoms with E-state index in [1.165, 1.54) is 12.3 Å². The number of pyridine rings is 1. The molecule has 1 amide bonds. The van der Waals surface area contributed by atoms with E-state index in [0.29, 0.717) is 18.8 Å². The summed E-state index contributed by atoms with van der Waals surface area (Å²) in [6.07, 6.45) is 2.75. The molecule has 18 heavy (non-hydrogen) atoms. The number of hydrogen-bond acceptors (Lipinski definition) is 4. The molecule has 1 unspecified atom stereocenters. The van der Waals surface area contributed by atoms with E-state index in [4.69, 9.17) is 22.4 Å². The number of anilines is 1. The highest BCUT2D eigenvalue weighted by Crippen LogP contribution is 2.26. The Hall–Kier alpha value is -1.82. The van der Waals surface area contributed by atoms with E-state index in [2.05, 4.69) is 4.98 Å². The van der Waals surface area contributed by atoms with Crippen LogP contribution in [0.5, 0.6) is 0 Å². The Morgan fingerprint density at radius 3 is 2.89 bits per heavy atom. The molecule has 1 aliphatic heterocycles. The van der Waals surface area contributed by atoms with Crippen molar-refractivity contribution < 1.29 is 14.7 Å². The van der Waals surface area contributed by atoms with Gasteiger partial charge in [0.15, 0.2) is 0 Å². The van der Waals surface area contributed by atoms with Gasteiger partial charge in [-0.1, -0.05) is 11.6 Å². The Kier molecular flexibility index (Phi) is 3.38. The lowest BCUT2D eigenvalue weighted by Crippen LogP contribution is -2.40. The van der Waals surface area contributed by atoms with E-state index < -0.39 is 17.9 Å². The van der Waals surface area contributed by atoms with E-state index in [-0.39, 0.29) is 10.6 Å². The third kappa shape index (κ3) is 2.24. The lowest BCUT2D eigenvalue weighted by atomic mass is 10.2. The van der Waals surface area contributed by atoms with Crippen molar-refractivity contribution >= 4 is 29.3 Å². The molecule has 0 spiro atoms. The summed E-state index contributed by atoms with van der Waals surface area (Å²) in [6.45, 7) is 0.626. The van der Waals surface area contributed by atoms with Gasteiger partial charge in [0.1, 0.15) is 11.9 Å². The number of carboxylic acid groups (broad SMARTS) is 1. The molecule has 0 aromatic carbocycles. The van der Waals surface area contributed by atoms with Crippen molar-refractivity contribution in [1.82, 2.24) is 4.98 Å². The lowest BCUT2D eigenvalue weighted by Gasteiger charge is -2.23. The number of primary amides is 1. The molecule has 3 N–H and O–H groups in total. The van der Waals surface area contributed by atoms with Crippen LogP contribution in [0, 0.1) is 0 Å². The molecule has 6 nitrogen and oxygen atoms in total. The van der Waals surface area contributed by atoms with Gasteiger partial charge in [0.05, 0.1) is 10.6 Å². The highest BCUT2D eigenvalue weighted by molar-refractivity contribution is 6.33. The van der Waals surface area contributed by atoms with Crippen LogP contribution in [0.3, 0.4) is 0 Å². The van der Waals surface area contributed by atoms with Gasteiger partial charge in [-0.2, -0.15) is 0 Å². The van der Waals surface area contributed by atoms with E-state index in [1.807, 2.05) is 0 Å². The second kappa shape index (κ2) is 4.81. The fourth-order valence-corrected chi connectivity index (χ4v) is 2.27. The van der Waals surface area contributed by atoms with Gasteiger partial charge >= 0.3 is 5.97 Å². The maximum atomic E-state index is 11.3. The average molecular weight is 270 g/mol. The minimum absolute atomic E-state index is 0.0308. The van der Waals surface area contributed by atoms with Crippen molar-refractivity contribution in [3.63, 3.8) is 0 Å². The molecule has 2 heterocycles. The van der Waals surface area contributed by atoms with Crippen LogP contribution in [-0.4, -0.2) is 34.6 Å². The predicted octanol–water partition coefficient (Wildman–Crippen LogP) is 0.887. The third-order valence-corrected chi connectivity index (χ3v) is 3.25. The van der Waals surface area contributed by atoms with Crippen molar-refractivity contribution in [1.29, 1.82) is 0 Å². The largest absolute Gasteiger partial charge is 0.478 e. The smallest absolute Gasteiger partial charge is 0.337 e. The van der Waals surface area contributed by atoms with Gasteiger partial charge < -0.3 is 15.7 Å². The van der Waals surface area contributed by atoms with Crippen LogP contribution < -0.4 is 10.6 Å². The Morgan fingerprint density at radius 1 is 1.56 bits per heavy atom. The molecule has 1 aromatic rings. The highest BCUT2D eigenvalue weighted by Gasteiger charge is 2.30. The summed E-state index contributed by atoms with van der Waals surface area (Å²) >= 11 is 5.74. The summed E-state index contributed by atoms with van der Waals surface area (Å²) < 4.78 is 0. The number of rotatable bonds is 3. The van der Waals surface area contributed by atoms with E-state index in [0.717, 1.165) is 6.42 Å². The summed E-state index contributed by atoms with van der Waals surface area (Å²) in [5.74, 6) is -1.14. The van der Waals surface area contributed by atoms with Crippen LogP contribution in [0.4, 0.5) is 5.82 Å². The van der Waals surface area contributed by atoms with Crippen molar-refractivity contribution in [2.75, 3.05) is 11.4 Å². The number of hydrogen-bond donors (Lipinski definition) is 2. The number of nitrogens with zero attached hydrogens (tertiary/aromatic N) is 2. The molecule has 1 fully saturated rings. The first kappa shape index (κ1) is 12.6. The topological polar surface area (TPSA) is 96.5 Å². The molecule has 0 saturated carbocycles. The normalized spacial score (nSPS) is 18.9. The van der Waals surface area contributed by atoms with Crippen LogP contribution in [0.1, 0.15) is 23.2 Å². The molecule has 1 atom stereocenters. The fourth-order valence-electron chi connectivity index (χ4n) is 2.09. The van der Waals surface area contributed by atoms with Crippen molar-refractivity contribution in [2.24, 2.45) is 5.73 Å². The van der Waals surface area contributed by atoms with Crippen LogP contribution >= 0.6 is 11.6 Å². The Balaban J connectivity index is 2.36. The Morgan fingerprint density at radius 2 is 2.28 bits per heavy atom. The van der Waals surface area contributed by atoms with E-state index in [1.54, 1.807) is 4.90 Å². The maximum Gasteiger partial charge on any atom is 0.337 e. The summed E-state index contributed by atoms with van der Waals surface area (Å²) in [6, 6.07) is 0.937. The fraction of sp³-hybridized carbons (Fsp3) is 0.364. The predicted molar refractivity (Wildman–Crippen MR) is 65.8 cm³/mol. The summed E-state index contributed by atoms with van der Waals surface area (Å²) in [4.78, 5) is 28.0. The van der Waals surface area contributed by atoms with Gasteiger partial charge in [-0.25, -0.2) is 9.78 Å². The number of carboxylic acids is 1. The minimum atomic E-state index is -1.13. The lowest BCUT2D eigenvalue weighted by molar-refractivity contribution is -0.119.